The van der Waals surface area contributed by atoms with Crippen molar-refractivity contribution in [3.05, 3.63) is 60.1 Å². The summed E-state index contributed by atoms with van der Waals surface area (Å²) in [6.45, 7) is 3.63. The Kier molecular flexibility index (Phi) is 8.55. The summed E-state index contributed by atoms with van der Waals surface area (Å²) >= 11 is 0. The van der Waals surface area contributed by atoms with E-state index in [0.717, 1.165) is 31.9 Å². The van der Waals surface area contributed by atoms with Crippen LogP contribution in [0.15, 0.2) is 53.1 Å². The highest BCUT2D eigenvalue weighted by Gasteiger charge is 2.13. The van der Waals surface area contributed by atoms with Gasteiger partial charge in [-0.3, -0.25) is 4.90 Å². The minimum Gasteiger partial charge on any atom is -0.467 e. The average molecular weight is 333 g/mol. The topological polar surface area (TPSA) is 55.1 Å². The fourth-order valence-corrected chi connectivity index (χ4v) is 2.55. The number of aliphatic hydroxyl groups is 1. The monoisotopic (exact) mass is 333 g/mol. The third-order valence-corrected chi connectivity index (χ3v) is 3.68. The van der Waals surface area contributed by atoms with Gasteiger partial charge in [-0.15, -0.1) is 0 Å². The zero-order chi connectivity index (χ0) is 17.0. The summed E-state index contributed by atoms with van der Waals surface area (Å²) in [5, 5.41) is 10.3. The largest absolute Gasteiger partial charge is 0.467 e. The molecule has 1 N–H and O–H groups in total. The summed E-state index contributed by atoms with van der Waals surface area (Å²) in [7, 11) is 1.71. The van der Waals surface area contributed by atoms with E-state index in [1.54, 1.807) is 13.4 Å². The van der Waals surface area contributed by atoms with Gasteiger partial charge >= 0.3 is 0 Å². The lowest BCUT2D eigenvalue weighted by molar-refractivity contribution is 0.00281. The zero-order valence-corrected chi connectivity index (χ0v) is 14.3. The molecule has 0 aliphatic heterocycles. The molecule has 1 unspecified atom stereocenters. The second-order valence-electron chi connectivity index (χ2n) is 5.82. The average Bonchev–Trinajstić information content (AvgIpc) is 3.09. The first kappa shape index (κ1) is 18.7. The summed E-state index contributed by atoms with van der Waals surface area (Å²) in [6, 6.07) is 14.0. The van der Waals surface area contributed by atoms with Gasteiger partial charge in [0.15, 0.2) is 0 Å². The molecule has 0 amide bonds. The Hall–Kier alpha value is -1.66. The van der Waals surface area contributed by atoms with Crippen LogP contribution < -0.4 is 0 Å². The smallest absolute Gasteiger partial charge is 0.129 e. The van der Waals surface area contributed by atoms with Crippen molar-refractivity contribution >= 4 is 0 Å². The second-order valence-corrected chi connectivity index (χ2v) is 5.82. The summed E-state index contributed by atoms with van der Waals surface area (Å²) in [5.74, 6) is 0.767. The van der Waals surface area contributed by atoms with Crippen molar-refractivity contribution in [1.82, 2.24) is 4.90 Å². The molecular weight excluding hydrogens is 306 g/mol. The number of rotatable bonds is 12. The van der Waals surface area contributed by atoms with Crippen LogP contribution >= 0.6 is 0 Å². The molecule has 1 aromatic heterocycles. The SMILES string of the molecule is COCCCN(Cc1ccccc1)CC(O)COCc1ccco1. The molecule has 1 aromatic carbocycles. The molecule has 5 nitrogen and oxygen atoms in total. The number of nitrogens with zero attached hydrogens (tertiary/aromatic N) is 1. The number of hydrogen-bond acceptors (Lipinski definition) is 5. The molecule has 132 valence electrons. The Morgan fingerprint density at radius 2 is 2.00 bits per heavy atom. The van der Waals surface area contributed by atoms with Gasteiger partial charge in [0.2, 0.25) is 0 Å². The number of hydrogen-bond donors (Lipinski definition) is 1. The van der Waals surface area contributed by atoms with E-state index in [2.05, 4.69) is 17.0 Å². The standard InChI is InChI=1S/C19H27NO4/c1-22-11-6-10-20(13-17-7-3-2-4-8-17)14-18(21)15-23-16-19-9-5-12-24-19/h2-5,7-9,12,18,21H,6,10-11,13-16H2,1H3. The highest BCUT2D eigenvalue weighted by Crippen LogP contribution is 2.07. The summed E-state index contributed by atoms with van der Waals surface area (Å²) in [6.07, 6.45) is 2.02. The van der Waals surface area contributed by atoms with E-state index in [0.29, 0.717) is 13.2 Å². The lowest BCUT2D eigenvalue weighted by Crippen LogP contribution is -2.35. The Morgan fingerprint density at radius 3 is 2.71 bits per heavy atom. The van der Waals surface area contributed by atoms with Crippen molar-refractivity contribution in [1.29, 1.82) is 0 Å². The van der Waals surface area contributed by atoms with E-state index in [-0.39, 0.29) is 6.61 Å². The van der Waals surface area contributed by atoms with Crippen LogP contribution in [0.1, 0.15) is 17.7 Å². The van der Waals surface area contributed by atoms with Gasteiger partial charge in [-0.2, -0.15) is 0 Å². The number of furan rings is 1. The number of methoxy groups -OCH3 is 1. The van der Waals surface area contributed by atoms with Crippen molar-refractivity contribution in [3.63, 3.8) is 0 Å². The van der Waals surface area contributed by atoms with Crippen molar-refractivity contribution in [2.45, 2.75) is 25.7 Å². The third kappa shape index (κ3) is 7.27. The maximum absolute atomic E-state index is 10.3. The predicted molar refractivity (Wildman–Crippen MR) is 92.6 cm³/mol. The summed E-state index contributed by atoms with van der Waals surface area (Å²) in [5.41, 5.74) is 1.23. The first-order valence-electron chi connectivity index (χ1n) is 8.31. The van der Waals surface area contributed by atoms with Gasteiger partial charge in [-0.25, -0.2) is 0 Å². The van der Waals surface area contributed by atoms with Crippen LogP contribution in [-0.2, 0) is 22.6 Å². The van der Waals surface area contributed by atoms with E-state index in [1.165, 1.54) is 5.56 Å². The molecule has 0 spiro atoms. The van der Waals surface area contributed by atoms with Crippen molar-refractivity contribution in [2.24, 2.45) is 0 Å². The van der Waals surface area contributed by atoms with Gasteiger partial charge in [-0.05, 0) is 24.1 Å². The molecule has 0 saturated heterocycles. The molecule has 0 radical (unpaired) electrons. The third-order valence-electron chi connectivity index (χ3n) is 3.68. The second kappa shape index (κ2) is 11.0. The van der Waals surface area contributed by atoms with Crippen molar-refractivity contribution in [2.75, 3.05) is 33.4 Å². The van der Waals surface area contributed by atoms with Crippen molar-refractivity contribution < 1.29 is 19.0 Å². The van der Waals surface area contributed by atoms with Crippen LogP contribution in [-0.4, -0.2) is 49.5 Å². The van der Waals surface area contributed by atoms with E-state index in [1.807, 2.05) is 30.3 Å². The molecule has 0 bridgehead atoms. The van der Waals surface area contributed by atoms with E-state index in [4.69, 9.17) is 13.9 Å². The first-order chi connectivity index (χ1) is 11.8. The predicted octanol–water partition coefficient (Wildman–Crippen LogP) is 2.70. The minimum absolute atomic E-state index is 0.288. The van der Waals surface area contributed by atoms with Crippen LogP contribution in [0.2, 0.25) is 0 Å². The highest BCUT2D eigenvalue weighted by molar-refractivity contribution is 5.14. The molecule has 0 aliphatic rings. The fourth-order valence-electron chi connectivity index (χ4n) is 2.55. The maximum Gasteiger partial charge on any atom is 0.129 e. The van der Waals surface area contributed by atoms with Crippen LogP contribution in [0.25, 0.3) is 0 Å². The molecular formula is C19H27NO4. The van der Waals surface area contributed by atoms with Crippen LogP contribution in [0.5, 0.6) is 0 Å². The first-order valence-corrected chi connectivity index (χ1v) is 8.31. The van der Waals surface area contributed by atoms with Crippen LogP contribution in [0.3, 0.4) is 0 Å². The molecule has 24 heavy (non-hydrogen) atoms. The summed E-state index contributed by atoms with van der Waals surface area (Å²) < 4.78 is 15.9. The molecule has 1 heterocycles. The number of ether oxygens (including phenoxy) is 2. The number of benzene rings is 1. The minimum atomic E-state index is -0.536. The molecule has 2 aromatic rings. The Morgan fingerprint density at radius 1 is 1.17 bits per heavy atom. The molecule has 5 heteroatoms. The zero-order valence-electron chi connectivity index (χ0n) is 14.3. The number of aliphatic hydroxyl groups excluding tert-OH is 1. The highest BCUT2D eigenvalue weighted by atomic mass is 16.5. The maximum atomic E-state index is 10.3. The van der Waals surface area contributed by atoms with Gasteiger partial charge in [0, 0.05) is 33.4 Å². The van der Waals surface area contributed by atoms with Gasteiger partial charge in [0.1, 0.15) is 12.4 Å². The Bertz CT molecular complexity index is 530. The van der Waals surface area contributed by atoms with Crippen LogP contribution in [0.4, 0.5) is 0 Å². The normalized spacial score (nSPS) is 12.6. The molecule has 0 saturated carbocycles. The molecule has 2 rings (SSSR count). The van der Waals surface area contributed by atoms with Gasteiger partial charge in [-0.1, -0.05) is 30.3 Å². The van der Waals surface area contributed by atoms with Gasteiger partial charge in [0.25, 0.3) is 0 Å². The van der Waals surface area contributed by atoms with Gasteiger partial charge < -0.3 is 19.0 Å². The van der Waals surface area contributed by atoms with E-state index >= 15 is 0 Å². The van der Waals surface area contributed by atoms with E-state index < -0.39 is 6.10 Å². The van der Waals surface area contributed by atoms with Gasteiger partial charge in [0.05, 0.1) is 19.0 Å². The van der Waals surface area contributed by atoms with E-state index in [9.17, 15) is 5.11 Å². The Balaban J connectivity index is 1.77. The Labute approximate surface area is 143 Å². The lowest BCUT2D eigenvalue weighted by atomic mass is 10.2. The fraction of sp³-hybridized carbons (Fsp3) is 0.474. The molecule has 1 atom stereocenters. The quantitative estimate of drug-likeness (QED) is 0.605. The molecule has 0 fully saturated rings. The van der Waals surface area contributed by atoms with Crippen LogP contribution in [0, 0.1) is 0 Å². The lowest BCUT2D eigenvalue weighted by Gasteiger charge is -2.25. The van der Waals surface area contributed by atoms with Crippen molar-refractivity contribution in [3.8, 4) is 0 Å². The summed E-state index contributed by atoms with van der Waals surface area (Å²) in [4.78, 5) is 2.23. The molecule has 0 aliphatic carbocycles.